The molecule has 2 N–H and O–H groups in total. The predicted molar refractivity (Wildman–Crippen MR) is 105 cm³/mol. The van der Waals surface area contributed by atoms with Gasteiger partial charge in [-0.25, -0.2) is 9.78 Å². The van der Waals surface area contributed by atoms with Crippen LogP contribution in [0.25, 0.3) is 11.3 Å². The molecule has 0 bridgehead atoms. The Morgan fingerprint density at radius 1 is 1.07 bits per heavy atom. The van der Waals surface area contributed by atoms with Crippen LogP contribution in [-0.4, -0.2) is 23.0 Å². The lowest BCUT2D eigenvalue weighted by atomic mass is 10.2. The second-order valence-electron chi connectivity index (χ2n) is 5.82. The molecule has 0 fully saturated rings. The van der Waals surface area contributed by atoms with E-state index in [0.29, 0.717) is 5.13 Å². The molecule has 0 spiro atoms. The van der Waals surface area contributed by atoms with Crippen LogP contribution in [-0.2, 0) is 16.1 Å². The van der Waals surface area contributed by atoms with E-state index in [9.17, 15) is 9.59 Å². The summed E-state index contributed by atoms with van der Waals surface area (Å²) in [6, 6.07) is 18.3. The number of nitrogens with zero attached hydrogens (tertiary/aromatic N) is 1. The van der Waals surface area contributed by atoms with Crippen molar-refractivity contribution in [2.24, 2.45) is 0 Å². The minimum Gasteiger partial charge on any atom is -0.445 e. The van der Waals surface area contributed by atoms with E-state index >= 15 is 0 Å². The fourth-order valence-electron chi connectivity index (χ4n) is 2.29. The van der Waals surface area contributed by atoms with Gasteiger partial charge in [-0.1, -0.05) is 60.7 Å². The van der Waals surface area contributed by atoms with E-state index in [1.54, 1.807) is 6.92 Å². The van der Waals surface area contributed by atoms with Gasteiger partial charge in [0.15, 0.2) is 5.13 Å². The smallest absolute Gasteiger partial charge is 0.408 e. The zero-order valence-corrected chi connectivity index (χ0v) is 15.5. The van der Waals surface area contributed by atoms with Gasteiger partial charge in [-0.05, 0) is 12.5 Å². The maximum absolute atomic E-state index is 12.3. The molecule has 27 heavy (non-hydrogen) atoms. The van der Waals surface area contributed by atoms with E-state index in [4.69, 9.17) is 4.74 Å². The first-order valence-electron chi connectivity index (χ1n) is 8.41. The van der Waals surface area contributed by atoms with E-state index in [-0.39, 0.29) is 12.5 Å². The van der Waals surface area contributed by atoms with Crippen LogP contribution in [0.2, 0.25) is 0 Å². The Morgan fingerprint density at radius 2 is 1.74 bits per heavy atom. The summed E-state index contributed by atoms with van der Waals surface area (Å²) in [5.74, 6) is -0.361. The number of carbonyl (C=O) groups excluding carboxylic acids is 2. The van der Waals surface area contributed by atoms with Crippen LogP contribution in [0.1, 0.15) is 12.5 Å². The first-order valence-corrected chi connectivity index (χ1v) is 9.29. The molecule has 1 heterocycles. The van der Waals surface area contributed by atoms with E-state index < -0.39 is 12.1 Å². The first-order chi connectivity index (χ1) is 13.1. The monoisotopic (exact) mass is 381 g/mol. The lowest BCUT2D eigenvalue weighted by Gasteiger charge is -2.13. The standard InChI is InChI=1S/C20H19N3O3S/c1-14(21-20(25)26-12-15-8-4-2-5-9-15)18(24)23-19-22-17(13-27-19)16-10-6-3-7-11-16/h2-11,13-14H,12H2,1H3,(H,21,25)(H,22,23,24). The van der Waals surface area contributed by atoms with Gasteiger partial charge in [0.2, 0.25) is 5.91 Å². The van der Waals surface area contributed by atoms with Crippen LogP contribution >= 0.6 is 11.3 Å². The quantitative estimate of drug-likeness (QED) is 0.675. The maximum Gasteiger partial charge on any atom is 0.408 e. The largest absolute Gasteiger partial charge is 0.445 e. The minimum atomic E-state index is -0.752. The van der Waals surface area contributed by atoms with Crippen LogP contribution in [0.5, 0.6) is 0 Å². The van der Waals surface area contributed by atoms with Crippen LogP contribution < -0.4 is 10.6 Å². The number of alkyl carbamates (subject to hydrolysis) is 1. The molecule has 3 aromatic rings. The molecule has 138 valence electrons. The number of carbonyl (C=O) groups is 2. The number of amides is 2. The number of rotatable bonds is 6. The fraction of sp³-hybridized carbons (Fsp3) is 0.150. The number of thiazole rings is 1. The second-order valence-corrected chi connectivity index (χ2v) is 6.68. The van der Waals surface area contributed by atoms with Gasteiger partial charge in [0.1, 0.15) is 12.6 Å². The number of ether oxygens (including phenoxy) is 1. The van der Waals surface area contributed by atoms with Crippen molar-refractivity contribution in [3.8, 4) is 11.3 Å². The summed E-state index contributed by atoms with van der Waals surface area (Å²) in [4.78, 5) is 28.5. The predicted octanol–water partition coefficient (Wildman–Crippen LogP) is 4.06. The minimum absolute atomic E-state index is 0.147. The van der Waals surface area contributed by atoms with Crippen molar-refractivity contribution < 1.29 is 14.3 Å². The first kappa shape index (κ1) is 18.6. The van der Waals surface area contributed by atoms with Gasteiger partial charge in [-0.2, -0.15) is 0 Å². The van der Waals surface area contributed by atoms with Crippen LogP contribution in [0, 0.1) is 0 Å². The summed E-state index contributed by atoms with van der Waals surface area (Å²) in [5, 5.41) is 7.57. The average molecular weight is 381 g/mol. The molecule has 0 aliphatic carbocycles. The number of hydrogen-bond acceptors (Lipinski definition) is 5. The third-order valence-electron chi connectivity index (χ3n) is 3.74. The molecule has 0 radical (unpaired) electrons. The zero-order valence-electron chi connectivity index (χ0n) is 14.7. The van der Waals surface area contributed by atoms with Crippen molar-refractivity contribution >= 4 is 28.5 Å². The summed E-state index contributed by atoms with van der Waals surface area (Å²) in [5.41, 5.74) is 2.64. The number of nitrogens with one attached hydrogen (secondary N) is 2. The van der Waals surface area contributed by atoms with Gasteiger partial charge in [0.05, 0.1) is 5.69 Å². The summed E-state index contributed by atoms with van der Waals surface area (Å²) in [6.45, 7) is 1.73. The third kappa shape index (κ3) is 5.39. The molecule has 0 saturated heterocycles. The van der Waals surface area contributed by atoms with Crippen LogP contribution in [0.3, 0.4) is 0 Å². The molecular formula is C20H19N3O3S. The summed E-state index contributed by atoms with van der Waals surface area (Å²) < 4.78 is 5.12. The SMILES string of the molecule is CC(NC(=O)OCc1ccccc1)C(=O)Nc1nc(-c2ccccc2)cs1. The lowest BCUT2D eigenvalue weighted by Crippen LogP contribution is -2.41. The topological polar surface area (TPSA) is 80.3 Å². The van der Waals surface area contributed by atoms with Crippen molar-refractivity contribution in [2.75, 3.05) is 5.32 Å². The van der Waals surface area contributed by atoms with Gasteiger partial charge >= 0.3 is 6.09 Å². The van der Waals surface area contributed by atoms with Crippen LogP contribution in [0.4, 0.5) is 9.93 Å². The number of anilines is 1. The number of benzene rings is 2. The van der Waals surface area contributed by atoms with Gasteiger partial charge in [0.25, 0.3) is 0 Å². The summed E-state index contributed by atoms with van der Waals surface area (Å²) in [7, 11) is 0. The Hall–Kier alpha value is -3.19. The second kappa shape index (κ2) is 8.95. The highest BCUT2D eigenvalue weighted by atomic mass is 32.1. The van der Waals surface area contributed by atoms with E-state index in [1.165, 1.54) is 11.3 Å². The Kier molecular flexibility index (Phi) is 6.17. The molecule has 1 unspecified atom stereocenters. The number of aromatic nitrogens is 1. The highest BCUT2D eigenvalue weighted by Gasteiger charge is 2.18. The molecule has 1 atom stereocenters. The Balaban J connectivity index is 1.49. The molecule has 6 nitrogen and oxygen atoms in total. The molecular weight excluding hydrogens is 362 g/mol. The summed E-state index contributed by atoms with van der Waals surface area (Å²) in [6.07, 6.45) is -0.648. The molecule has 2 amide bonds. The third-order valence-corrected chi connectivity index (χ3v) is 4.50. The molecule has 0 aliphatic rings. The normalized spacial score (nSPS) is 11.4. The van der Waals surface area contributed by atoms with Gasteiger partial charge in [0, 0.05) is 10.9 Å². The van der Waals surface area contributed by atoms with Crippen molar-refractivity contribution in [1.29, 1.82) is 0 Å². The molecule has 0 aliphatic heterocycles. The summed E-state index contributed by atoms with van der Waals surface area (Å²) >= 11 is 1.33. The Bertz CT molecular complexity index is 897. The van der Waals surface area contributed by atoms with E-state index in [1.807, 2.05) is 66.0 Å². The highest BCUT2D eigenvalue weighted by Crippen LogP contribution is 2.24. The molecule has 7 heteroatoms. The zero-order chi connectivity index (χ0) is 19.1. The highest BCUT2D eigenvalue weighted by molar-refractivity contribution is 7.14. The van der Waals surface area contributed by atoms with Crippen LogP contribution in [0.15, 0.2) is 66.0 Å². The van der Waals surface area contributed by atoms with Crippen molar-refractivity contribution in [3.63, 3.8) is 0 Å². The van der Waals surface area contributed by atoms with Gasteiger partial charge in [-0.3, -0.25) is 4.79 Å². The van der Waals surface area contributed by atoms with Crippen molar-refractivity contribution in [2.45, 2.75) is 19.6 Å². The van der Waals surface area contributed by atoms with E-state index in [0.717, 1.165) is 16.8 Å². The Morgan fingerprint density at radius 3 is 2.44 bits per heavy atom. The number of hydrogen-bond donors (Lipinski definition) is 2. The Labute approximate surface area is 161 Å². The molecule has 3 rings (SSSR count). The lowest BCUT2D eigenvalue weighted by molar-refractivity contribution is -0.117. The molecule has 0 saturated carbocycles. The van der Waals surface area contributed by atoms with E-state index in [2.05, 4.69) is 15.6 Å². The fourth-order valence-corrected chi connectivity index (χ4v) is 3.02. The van der Waals surface area contributed by atoms with Gasteiger partial charge < -0.3 is 15.4 Å². The average Bonchev–Trinajstić information content (AvgIpc) is 3.16. The van der Waals surface area contributed by atoms with Gasteiger partial charge in [-0.15, -0.1) is 11.3 Å². The molecule has 2 aromatic carbocycles. The maximum atomic E-state index is 12.3. The molecule has 1 aromatic heterocycles. The van der Waals surface area contributed by atoms with Crippen molar-refractivity contribution in [3.05, 3.63) is 71.6 Å². The van der Waals surface area contributed by atoms with Crippen molar-refractivity contribution in [1.82, 2.24) is 10.3 Å².